The van der Waals surface area contributed by atoms with E-state index in [0.29, 0.717) is 5.92 Å². The van der Waals surface area contributed by atoms with Gasteiger partial charge in [0, 0.05) is 0 Å². The van der Waals surface area contributed by atoms with Gasteiger partial charge < -0.3 is 5.11 Å². The van der Waals surface area contributed by atoms with E-state index >= 15 is 0 Å². The molecule has 0 fully saturated rings. The number of aliphatic carboxylic acids is 1. The molecular formula is C38H76O2. The van der Waals surface area contributed by atoms with Crippen LogP contribution in [0.15, 0.2) is 0 Å². The second-order valence-corrected chi connectivity index (χ2v) is 13.4. The number of hydrogen-bond donors (Lipinski definition) is 1. The average Bonchev–Trinajstić information content (AvgIpc) is 2.94. The van der Waals surface area contributed by atoms with Gasteiger partial charge in [0.25, 0.3) is 0 Å². The van der Waals surface area contributed by atoms with E-state index in [1.54, 1.807) is 0 Å². The van der Waals surface area contributed by atoms with Gasteiger partial charge in [0.1, 0.15) is 0 Å². The topological polar surface area (TPSA) is 37.3 Å². The van der Waals surface area contributed by atoms with Crippen molar-refractivity contribution in [2.24, 2.45) is 11.3 Å². The lowest BCUT2D eigenvalue weighted by Crippen LogP contribution is -2.39. The second-order valence-electron chi connectivity index (χ2n) is 13.4. The summed E-state index contributed by atoms with van der Waals surface area (Å²) in [6, 6.07) is 0. The molecule has 0 heterocycles. The van der Waals surface area contributed by atoms with Gasteiger partial charge in [-0.15, -0.1) is 0 Å². The first kappa shape index (κ1) is 39.5. The molecule has 0 aliphatic carbocycles. The van der Waals surface area contributed by atoms with Crippen LogP contribution in [0, 0.1) is 11.3 Å². The van der Waals surface area contributed by atoms with Gasteiger partial charge in [0.2, 0.25) is 0 Å². The van der Waals surface area contributed by atoms with Gasteiger partial charge in [-0.25, -0.2) is 0 Å². The molecule has 0 spiro atoms. The van der Waals surface area contributed by atoms with Crippen molar-refractivity contribution in [3.05, 3.63) is 0 Å². The molecule has 2 atom stereocenters. The van der Waals surface area contributed by atoms with E-state index in [9.17, 15) is 9.90 Å². The Balaban J connectivity index is 4.28. The highest BCUT2D eigenvalue weighted by atomic mass is 16.4. The zero-order valence-electron chi connectivity index (χ0n) is 28.4. The molecule has 1 N–H and O–H groups in total. The monoisotopic (exact) mass is 565 g/mol. The highest BCUT2D eigenvalue weighted by Gasteiger charge is 2.43. The van der Waals surface area contributed by atoms with E-state index in [1.165, 1.54) is 154 Å². The fourth-order valence-electron chi connectivity index (χ4n) is 7.10. The van der Waals surface area contributed by atoms with Gasteiger partial charge in [-0.05, 0) is 31.6 Å². The van der Waals surface area contributed by atoms with Gasteiger partial charge in [0.15, 0.2) is 0 Å². The fraction of sp³-hybridized carbons (Fsp3) is 0.974. The second kappa shape index (κ2) is 29.9. The summed E-state index contributed by atoms with van der Waals surface area (Å²) in [5.74, 6) is -0.138. The van der Waals surface area contributed by atoms with E-state index in [2.05, 4.69) is 27.7 Å². The smallest absolute Gasteiger partial charge is 0.309 e. The van der Waals surface area contributed by atoms with Gasteiger partial charge in [-0.3, -0.25) is 4.79 Å². The lowest BCUT2D eigenvalue weighted by Gasteiger charge is -2.38. The Morgan fingerprint density at radius 3 is 1.10 bits per heavy atom. The first-order valence-electron chi connectivity index (χ1n) is 18.8. The molecule has 0 saturated carbocycles. The summed E-state index contributed by atoms with van der Waals surface area (Å²) in [5.41, 5.74) is -0.486. The van der Waals surface area contributed by atoms with Crippen molar-refractivity contribution in [1.29, 1.82) is 0 Å². The van der Waals surface area contributed by atoms with E-state index in [4.69, 9.17) is 0 Å². The molecule has 240 valence electrons. The molecular weight excluding hydrogens is 488 g/mol. The molecule has 40 heavy (non-hydrogen) atoms. The van der Waals surface area contributed by atoms with E-state index < -0.39 is 11.4 Å². The van der Waals surface area contributed by atoms with Crippen LogP contribution >= 0.6 is 0 Å². The number of carbonyl (C=O) groups is 1. The third-order valence-corrected chi connectivity index (χ3v) is 9.67. The van der Waals surface area contributed by atoms with Crippen LogP contribution in [-0.4, -0.2) is 11.1 Å². The lowest BCUT2D eigenvalue weighted by molar-refractivity contribution is -0.155. The molecule has 0 rings (SSSR count). The van der Waals surface area contributed by atoms with E-state index in [1.807, 2.05) is 0 Å². The third-order valence-electron chi connectivity index (χ3n) is 9.67. The molecule has 2 nitrogen and oxygen atoms in total. The van der Waals surface area contributed by atoms with Crippen molar-refractivity contribution >= 4 is 5.97 Å². The first-order chi connectivity index (χ1) is 19.6. The summed E-state index contributed by atoms with van der Waals surface area (Å²) in [4.78, 5) is 12.8. The zero-order chi connectivity index (χ0) is 29.6. The molecule has 0 aromatic rings. The van der Waals surface area contributed by atoms with Crippen LogP contribution in [0.25, 0.3) is 0 Å². The molecule has 0 aromatic heterocycles. The van der Waals surface area contributed by atoms with Crippen LogP contribution in [0.3, 0.4) is 0 Å². The number of carboxylic acid groups (broad SMARTS) is 1. The van der Waals surface area contributed by atoms with Crippen LogP contribution in [0.1, 0.15) is 227 Å². The SMILES string of the molecule is CCCCCCCCCCCCCCCC(CCC)C(CCC)(CCCCCCCCCCCCCC)C(=O)O. The molecule has 2 heteroatoms. The molecule has 0 aromatic carbocycles. The normalized spacial score (nSPS) is 13.9. The summed E-state index contributed by atoms with van der Waals surface area (Å²) in [5, 5.41) is 10.5. The van der Waals surface area contributed by atoms with Gasteiger partial charge in [0.05, 0.1) is 5.41 Å². The highest BCUT2D eigenvalue weighted by Crippen LogP contribution is 2.44. The Morgan fingerprint density at radius 1 is 0.425 bits per heavy atom. The van der Waals surface area contributed by atoms with Crippen LogP contribution < -0.4 is 0 Å². The predicted octanol–water partition coefficient (Wildman–Crippen LogP) is 13.8. The average molecular weight is 565 g/mol. The maximum atomic E-state index is 12.8. The van der Waals surface area contributed by atoms with Crippen molar-refractivity contribution in [2.45, 2.75) is 227 Å². The Kier molecular flexibility index (Phi) is 29.5. The Labute approximate surface area is 253 Å². The zero-order valence-corrected chi connectivity index (χ0v) is 28.4. The molecule has 0 bridgehead atoms. The van der Waals surface area contributed by atoms with Gasteiger partial charge in [-0.2, -0.15) is 0 Å². The van der Waals surface area contributed by atoms with Crippen molar-refractivity contribution in [1.82, 2.24) is 0 Å². The summed E-state index contributed by atoms with van der Waals surface area (Å²) in [6.07, 6.45) is 40.0. The largest absolute Gasteiger partial charge is 0.481 e. The Bertz CT molecular complexity index is 516. The predicted molar refractivity (Wildman–Crippen MR) is 179 cm³/mol. The molecule has 0 aliphatic heterocycles. The molecule has 0 saturated heterocycles. The van der Waals surface area contributed by atoms with E-state index in [-0.39, 0.29) is 0 Å². The van der Waals surface area contributed by atoms with Crippen molar-refractivity contribution in [3.8, 4) is 0 Å². The third kappa shape index (κ3) is 21.2. The van der Waals surface area contributed by atoms with Gasteiger partial charge in [-0.1, -0.05) is 201 Å². The lowest BCUT2D eigenvalue weighted by atomic mass is 9.65. The Hall–Kier alpha value is -0.530. The van der Waals surface area contributed by atoms with Crippen LogP contribution in [0.2, 0.25) is 0 Å². The summed E-state index contributed by atoms with van der Waals surface area (Å²) < 4.78 is 0. The van der Waals surface area contributed by atoms with Crippen molar-refractivity contribution in [3.63, 3.8) is 0 Å². The highest BCUT2D eigenvalue weighted by molar-refractivity contribution is 5.75. The number of unbranched alkanes of at least 4 members (excludes halogenated alkanes) is 23. The fourth-order valence-corrected chi connectivity index (χ4v) is 7.10. The van der Waals surface area contributed by atoms with Crippen molar-refractivity contribution < 1.29 is 9.90 Å². The summed E-state index contributed by atoms with van der Waals surface area (Å²) >= 11 is 0. The summed E-state index contributed by atoms with van der Waals surface area (Å²) in [7, 11) is 0. The molecule has 0 radical (unpaired) electrons. The van der Waals surface area contributed by atoms with Crippen LogP contribution in [0.4, 0.5) is 0 Å². The Morgan fingerprint density at radius 2 is 0.775 bits per heavy atom. The van der Waals surface area contributed by atoms with E-state index in [0.717, 1.165) is 44.9 Å². The maximum Gasteiger partial charge on any atom is 0.309 e. The van der Waals surface area contributed by atoms with Crippen molar-refractivity contribution in [2.75, 3.05) is 0 Å². The summed E-state index contributed by atoms with van der Waals surface area (Å²) in [6.45, 7) is 9.01. The standard InChI is InChI=1S/C38H76O2/c1-5-9-11-13-15-17-19-21-22-24-26-28-30-33-36(32-7-3)38(34-8-4,37(39)40)35-31-29-27-25-23-20-18-16-14-12-10-6-2/h36H,5-35H2,1-4H3,(H,39,40). The number of rotatable bonds is 33. The molecule has 2 unspecified atom stereocenters. The minimum atomic E-state index is -0.495. The molecule has 0 aliphatic rings. The number of carboxylic acids is 1. The quantitative estimate of drug-likeness (QED) is 0.0805. The maximum absolute atomic E-state index is 12.8. The van der Waals surface area contributed by atoms with Crippen LogP contribution in [-0.2, 0) is 4.79 Å². The minimum Gasteiger partial charge on any atom is -0.481 e. The molecule has 0 amide bonds. The van der Waals surface area contributed by atoms with Gasteiger partial charge >= 0.3 is 5.97 Å². The number of hydrogen-bond acceptors (Lipinski definition) is 1. The first-order valence-corrected chi connectivity index (χ1v) is 18.8. The minimum absolute atomic E-state index is 0.357. The van der Waals surface area contributed by atoms with Crippen LogP contribution in [0.5, 0.6) is 0 Å².